The normalized spacial score (nSPS) is 32.8. The lowest BCUT2D eigenvalue weighted by molar-refractivity contribution is -0.137. The van der Waals surface area contributed by atoms with E-state index in [4.69, 9.17) is 4.74 Å². The van der Waals surface area contributed by atoms with Gasteiger partial charge in [-0.2, -0.15) is 0 Å². The molecule has 1 aromatic rings. The Bertz CT molecular complexity index is 729. The number of likely N-dealkylation sites (tertiary alicyclic amines) is 1. The van der Waals surface area contributed by atoms with Crippen LogP contribution >= 0.6 is 0 Å². The van der Waals surface area contributed by atoms with Crippen LogP contribution in [0.3, 0.4) is 0 Å². The fourth-order valence-corrected chi connectivity index (χ4v) is 6.77. The minimum absolute atomic E-state index is 0.0619. The first-order valence-corrected chi connectivity index (χ1v) is 11.9. The standard InChI is InChI=1S/C25H34N2O3/c28-23(8-11-30-22-4-2-1-3-5-22)27-9-6-19(7-10-27)25(29)26-24-20-13-17-12-18(15-20)16-21(24)14-17/h1-5,17-21,24H,6-16H2,(H,26,29). The van der Waals surface area contributed by atoms with E-state index in [0.717, 1.165) is 42.3 Å². The van der Waals surface area contributed by atoms with Crippen LogP contribution in [0.25, 0.3) is 0 Å². The number of nitrogens with zero attached hydrogens (tertiary/aromatic N) is 1. The molecule has 1 saturated heterocycles. The van der Waals surface area contributed by atoms with E-state index in [1.165, 1.54) is 32.1 Å². The van der Waals surface area contributed by atoms with Crippen LogP contribution in [0.4, 0.5) is 0 Å². The van der Waals surface area contributed by atoms with Crippen molar-refractivity contribution in [1.29, 1.82) is 0 Å². The zero-order valence-corrected chi connectivity index (χ0v) is 17.8. The number of rotatable bonds is 6. The van der Waals surface area contributed by atoms with Gasteiger partial charge in [0, 0.05) is 25.0 Å². The van der Waals surface area contributed by atoms with E-state index in [1.54, 1.807) is 0 Å². The Hall–Kier alpha value is -2.04. The molecule has 4 aliphatic carbocycles. The van der Waals surface area contributed by atoms with Gasteiger partial charge in [-0.1, -0.05) is 18.2 Å². The number of carbonyl (C=O) groups is 2. The molecular formula is C25H34N2O3. The largest absolute Gasteiger partial charge is 0.493 e. The van der Waals surface area contributed by atoms with Crippen molar-refractivity contribution in [2.45, 2.75) is 57.4 Å². The highest BCUT2D eigenvalue weighted by Gasteiger charge is 2.49. The minimum Gasteiger partial charge on any atom is -0.493 e. The van der Waals surface area contributed by atoms with E-state index in [2.05, 4.69) is 5.32 Å². The van der Waals surface area contributed by atoms with E-state index in [1.807, 2.05) is 35.2 Å². The fraction of sp³-hybridized carbons (Fsp3) is 0.680. The van der Waals surface area contributed by atoms with Gasteiger partial charge >= 0.3 is 0 Å². The molecule has 30 heavy (non-hydrogen) atoms. The van der Waals surface area contributed by atoms with Gasteiger partial charge in [0.1, 0.15) is 5.75 Å². The van der Waals surface area contributed by atoms with E-state index in [9.17, 15) is 9.59 Å². The Morgan fingerprint density at radius 2 is 1.57 bits per heavy atom. The lowest BCUT2D eigenvalue weighted by atomic mass is 9.54. The molecule has 5 aliphatic rings. The predicted molar refractivity (Wildman–Crippen MR) is 115 cm³/mol. The highest BCUT2D eigenvalue weighted by molar-refractivity contribution is 5.80. The smallest absolute Gasteiger partial charge is 0.225 e. The summed E-state index contributed by atoms with van der Waals surface area (Å²) in [6, 6.07) is 10.0. The maximum absolute atomic E-state index is 13.0. The van der Waals surface area contributed by atoms with Gasteiger partial charge in [-0.15, -0.1) is 0 Å². The second kappa shape index (κ2) is 8.60. The summed E-state index contributed by atoms with van der Waals surface area (Å²) in [5.41, 5.74) is 0. The quantitative estimate of drug-likeness (QED) is 0.779. The van der Waals surface area contributed by atoms with Gasteiger partial charge in [-0.3, -0.25) is 9.59 Å². The van der Waals surface area contributed by atoms with Gasteiger partial charge in [-0.05, 0) is 80.8 Å². The number of nitrogens with one attached hydrogen (secondary N) is 1. The van der Waals surface area contributed by atoms with Crippen molar-refractivity contribution < 1.29 is 14.3 Å². The van der Waals surface area contributed by atoms with E-state index < -0.39 is 0 Å². The number of ether oxygens (including phenoxy) is 1. The van der Waals surface area contributed by atoms with Crippen molar-refractivity contribution in [2.75, 3.05) is 19.7 Å². The topological polar surface area (TPSA) is 58.6 Å². The van der Waals surface area contributed by atoms with Crippen LogP contribution in [0.2, 0.25) is 0 Å². The average Bonchev–Trinajstić information content (AvgIpc) is 2.76. The second-order valence-corrected chi connectivity index (χ2v) is 10.0. The third kappa shape index (κ3) is 4.21. The molecule has 5 nitrogen and oxygen atoms in total. The average molecular weight is 411 g/mol. The number of para-hydroxylation sites is 1. The monoisotopic (exact) mass is 410 g/mol. The van der Waals surface area contributed by atoms with Crippen LogP contribution in [0.1, 0.15) is 51.4 Å². The fourth-order valence-electron chi connectivity index (χ4n) is 6.77. The summed E-state index contributed by atoms with van der Waals surface area (Å²) in [6.45, 7) is 1.77. The molecule has 5 heteroatoms. The molecule has 162 valence electrons. The maximum atomic E-state index is 13.0. The van der Waals surface area contributed by atoms with E-state index >= 15 is 0 Å². The summed E-state index contributed by atoms with van der Waals surface area (Å²) < 4.78 is 5.65. The van der Waals surface area contributed by atoms with Crippen molar-refractivity contribution in [3.8, 4) is 5.75 Å². The predicted octanol–water partition coefficient (Wildman–Crippen LogP) is 3.64. The number of hydrogen-bond donors (Lipinski definition) is 1. The molecular weight excluding hydrogens is 376 g/mol. The number of hydrogen-bond acceptors (Lipinski definition) is 3. The van der Waals surface area contributed by atoms with Crippen molar-refractivity contribution in [2.24, 2.45) is 29.6 Å². The Balaban J connectivity index is 1.05. The number of amides is 2. The Morgan fingerprint density at radius 3 is 2.20 bits per heavy atom. The summed E-state index contributed by atoms with van der Waals surface area (Å²) in [6.07, 6.45) is 8.71. The van der Waals surface area contributed by atoms with Crippen molar-refractivity contribution in [1.82, 2.24) is 10.2 Å². The number of piperidine rings is 1. The number of carbonyl (C=O) groups excluding carboxylic acids is 2. The van der Waals surface area contributed by atoms with Crippen LogP contribution in [0.5, 0.6) is 5.75 Å². The van der Waals surface area contributed by atoms with E-state index in [-0.39, 0.29) is 17.7 Å². The van der Waals surface area contributed by atoms with Crippen LogP contribution in [-0.2, 0) is 9.59 Å². The van der Waals surface area contributed by atoms with Gasteiger partial charge in [0.2, 0.25) is 11.8 Å². The molecule has 1 aromatic carbocycles. The lowest BCUT2D eigenvalue weighted by Crippen LogP contribution is -2.57. The molecule has 2 amide bonds. The summed E-state index contributed by atoms with van der Waals surface area (Å²) in [5, 5.41) is 3.47. The Kier molecular flexibility index (Phi) is 5.70. The molecule has 0 spiro atoms. The number of benzene rings is 1. The SMILES string of the molecule is O=C(NC1C2CC3CC(C2)CC1C3)C1CCN(C(=O)CCOc2ccccc2)CC1. The summed E-state index contributed by atoms with van der Waals surface area (Å²) in [5.74, 6) is 4.53. The minimum atomic E-state index is 0.0619. The molecule has 0 aromatic heterocycles. The Labute approximate surface area is 179 Å². The van der Waals surface area contributed by atoms with Crippen molar-refractivity contribution in [3.63, 3.8) is 0 Å². The third-order valence-electron chi connectivity index (χ3n) is 8.08. The summed E-state index contributed by atoms with van der Waals surface area (Å²) in [4.78, 5) is 27.4. The lowest BCUT2D eigenvalue weighted by Gasteiger charge is -2.54. The third-order valence-corrected chi connectivity index (χ3v) is 8.08. The highest BCUT2D eigenvalue weighted by atomic mass is 16.5. The van der Waals surface area contributed by atoms with Crippen LogP contribution in [0.15, 0.2) is 30.3 Å². The molecule has 4 bridgehead atoms. The van der Waals surface area contributed by atoms with Gasteiger partial charge in [-0.25, -0.2) is 0 Å². The zero-order valence-electron chi connectivity index (χ0n) is 17.8. The maximum Gasteiger partial charge on any atom is 0.225 e. The Morgan fingerprint density at radius 1 is 0.933 bits per heavy atom. The molecule has 1 N–H and O–H groups in total. The van der Waals surface area contributed by atoms with Gasteiger partial charge < -0.3 is 15.0 Å². The highest BCUT2D eigenvalue weighted by Crippen LogP contribution is 2.53. The van der Waals surface area contributed by atoms with E-state index in [0.29, 0.717) is 32.2 Å². The van der Waals surface area contributed by atoms with Crippen LogP contribution in [0, 0.1) is 29.6 Å². The molecule has 5 fully saturated rings. The molecule has 1 aliphatic heterocycles. The molecule has 0 atom stereocenters. The van der Waals surface area contributed by atoms with Crippen molar-refractivity contribution >= 4 is 11.8 Å². The molecule has 1 heterocycles. The molecule has 0 radical (unpaired) electrons. The first-order chi connectivity index (χ1) is 14.7. The van der Waals surface area contributed by atoms with Crippen molar-refractivity contribution in [3.05, 3.63) is 30.3 Å². The van der Waals surface area contributed by atoms with Crippen LogP contribution < -0.4 is 10.1 Å². The summed E-state index contributed by atoms with van der Waals surface area (Å²) >= 11 is 0. The van der Waals surface area contributed by atoms with Gasteiger partial charge in [0.15, 0.2) is 0 Å². The van der Waals surface area contributed by atoms with Gasteiger partial charge in [0.25, 0.3) is 0 Å². The van der Waals surface area contributed by atoms with Gasteiger partial charge in [0.05, 0.1) is 13.0 Å². The molecule has 6 rings (SSSR count). The second-order valence-electron chi connectivity index (χ2n) is 10.0. The molecule has 0 unspecified atom stereocenters. The first kappa shape index (κ1) is 19.9. The molecule has 4 saturated carbocycles. The van der Waals surface area contributed by atoms with Crippen LogP contribution in [-0.4, -0.2) is 42.5 Å². The first-order valence-electron chi connectivity index (χ1n) is 11.9. The zero-order chi connectivity index (χ0) is 20.5. The summed E-state index contributed by atoms with van der Waals surface area (Å²) in [7, 11) is 0.